The van der Waals surface area contributed by atoms with Crippen LogP contribution in [0.2, 0.25) is 5.02 Å². The number of rotatable bonds is 6. The molecule has 0 aliphatic heterocycles. The summed E-state index contributed by atoms with van der Waals surface area (Å²) in [5.74, 6) is 0.0234. The number of ether oxygens (including phenoxy) is 1. The maximum Gasteiger partial charge on any atom is 0.240 e. The van der Waals surface area contributed by atoms with Crippen molar-refractivity contribution in [2.75, 3.05) is 13.2 Å². The fraction of sp³-hybridized carbons (Fsp3) is 0.250. The Morgan fingerprint density at radius 3 is 2.39 bits per heavy atom. The summed E-state index contributed by atoms with van der Waals surface area (Å²) >= 11 is 5.60. The van der Waals surface area contributed by atoms with Crippen molar-refractivity contribution >= 4 is 21.6 Å². The molecule has 0 radical (unpaired) electrons. The number of hydrogen-bond acceptors (Lipinski definition) is 3. The molecule has 0 aliphatic carbocycles. The van der Waals surface area contributed by atoms with Crippen molar-refractivity contribution in [2.45, 2.75) is 18.7 Å². The van der Waals surface area contributed by atoms with Crippen molar-refractivity contribution in [1.82, 2.24) is 4.72 Å². The highest BCUT2D eigenvalue weighted by Crippen LogP contribution is 2.19. The fourth-order valence-corrected chi connectivity index (χ4v) is 3.37. The smallest absolute Gasteiger partial charge is 0.240 e. The first-order valence-electron chi connectivity index (χ1n) is 6.94. The van der Waals surface area contributed by atoms with Crippen LogP contribution in [0.15, 0.2) is 41.3 Å². The van der Waals surface area contributed by atoms with Gasteiger partial charge in [0.05, 0.1) is 9.92 Å². The van der Waals surface area contributed by atoms with E-state index in [1.54, 1.807) is 0 Å². The first-order chi connectivity index (χ1) is 10.8. The molecule has 0 bridgehead atoms. The SMILES string of the molecule is Cc1cc(C)cc(OCCNS(=O)(=O)c2ccc(F)c(Cl)c2)c1. The minimum absolute atomic E-state index is 0.0876. The Morgan fingerprint density at radius 1 is 1.13 bits per heavy atom. The van der Waals surface area contributed by atoms with Crippen LogP contribution in [-0.4, -0.2) is 21.6 Å². The molecule has 0 heterocycles. The van der Waals surface area contributed by atoms with E-state index in [-0.39, 0.29) is 23.1 Å². The van der Waals surface area contributed by atoms with E-state index < -0.39 is 15.8 Å². The van der Waals surface area contributed by atoms with Gasteiger partial charge in [-0.05, 0) is 55.3 Å². The zero-order valence-corrected chi connectivity index (χ0v) is 14.3. The average Bonchev–Trinajstić information content (AvgIpc) is 2.45. The van der Waals surface area contributed by atoms with Crippen molar-refractivity contribution in [2.24, 2.45) is 0 Å². The molecule has 2 aromatic carbocycles. The molecule has 0 aliphatic rings. The van der Waals surface area contributed by atoms with Gasteiger partial charge in [-0.25, -0.2) is 17.5 Å². The molecule has 0 saturated carbocycles. The van der Waals surface area contributed by atoms with Crippen LogP contribution in [0.5, 0.6) is 5.75 Å². The molecule has 0 atom stereocenters. The van der Waals surface area contributed by atoms with Crippen molar-refractivity contribution in [1.29, 1.82) is 0 Å². The predicted molar refractivity (Wildman–Crippen MR) is 88.0 cm³/mol. The second-order valence-corrected chi connectivity index (χ2v) is 7.32. The van der Waals surface area contributed by atoms with Gasteiger partial charge in [-0.3, -0.25) is 0 Å². The molecule has 7 heteroatoms. The van der Waals surface area contributed by atoms with Crippen molar-refractivity contribution in [3.8, 4) is 5.75 Å². The summed E-state index contributed by atoms with van der Waals surface area (Å²) in [5, 5.41) is -0.237. The molecule has 23 heavy (non-hydrogen) atoms. The number of aryl methyl sites for hydroxylation is 2. The third-order valence-electron chi connectivity index (χ3n) is 3.06. The lowest BCUT2D eigenvalue weighted by molar-refractivity contribution is 0.322. The highest BCUT2D eigenvalue weighted by molar-refractivity contribution is 7.89. The van der Waals surface area contributed by atoms with Gasteiger partial charge in [0.15, 0.2) is 0 Å². The number of benzene rings is 2. The summed E-state index contributed by atoms with van der Waals surface area (Å²) in [4.78, 5) is -0.0877. The van der Waals surface area contributed by atoms with E-state index in [1.165, 1.54) is 0 Å². The number of hydrogen-bond donors (Lipinski definition) is 1. The summed E-state index contributed by atoms with van der Waals surface area (Å²) in [6.45, 7) is 4.18. The molecule has 2 rings (SSSR count). The average molecular weight is 358 g/mol. The molecular formula is C16H17ClFNO3S. The lowest BCUT2D eigenvalue weighted by Gasteiger charge is -2.10. The fourth-order valence-electron chi connectivity index (χ4n) is 2.09. The van der Waals surface area contributed by atoms with E-state index in [1.807, 2.05) is 32.0 Å². The molecule has 0 fully saturated rings. The minimum atomic E-state index is -3.75. The van der Waals surface area contributed by atoms with Crippen LogP contribution in [0.1, 0.15) is 11.1 Å². The molecule has 0 amide bonds. The topological polar surface area (TPSA) is 55.4 Å². The Morgan fingerprint density at radius 2 is 1.78 bits per heavy atom. The van der Waals surface area contributed by atoms with Gasteiger partial charge >= 0.3 is 0 Å². The van der Waals surface area contributed by atoms with Gasteiger partial charge in [0.1, 0.15) is 18.2 Å². The monoisotopic (exact) mass is 357 g/mol. The lowest BCUT2D eigenvalue weighted by atomic mass is 10.1. The van der Waals surface area contributed by atoms with Crippen LogP contribution < -0.4 is 9.46 Å². The van der Waals surface area contributed by atoms with E-state index in [0.717, 1.165) is 29.3 Å². The van der Waals surface area contributed by atoms with Crippen molar-refractivity contribution < 1.29 is 17.5 Å². The molecule has 124 valence electrons. The largest absolute Gasteiger partial charge is 0.492 e. The van der Waals surface area contributed by atoms with E-state index in [0.29, 0.717) is 5.75 Å². The van der Waals surface area contributed by atoms with Crippen molar-refractivity contribution in [3.05, 3.63) is 58.4 Å². The molecule has 4 nitrogen and oxygen atoms in total. The van der Waals surface area contributed by atoms with Crippen LogP contribution in [0.3, 0.4) is 0 Å². The third-order valence-corrected chi connectivity index (χ3v) is 4.81. The summed E-state index contributed by atoms with van der Waals surface area (Å²) in [5.41, 5.74) is 2.14. The predicted octanol–water partition coefficient (Wildman–Crippen LogP) is 3.45. The van der Waals surface area contributed by atoms with Gasteiger partial charge in [-0.15, -0.1) is 0 Å². The van der Waals surface area contributed by atoms with Gasteiger partial charge in [-0.2, -0.15) is 0 Å². The minimum Gasteiger partial charge on any atom is -0.492 e. The summed E-state index contributed by atoms with van der Waals surface area (Å²) < 4.78 is 45.1. The zero-order chi connectivity index (χ0) is 17.0. The maximum absolute atomic E-state index is 13.1. The highest BCUT2D eigenvalue weighted by atomic mass is 35.5. The molecule has 1 N–H and O–H groups in total. The van der Waals surface area contributed by atoms with Crippen molar-refractivity contribution in [3.63, 3.8) is 0 Å². The molecule has 0 spiro atoms. The Bertz CT molecular complexity index is 789. The maximum atomic E-state index is 13.1. The standard InChI is InChI=1S/C16H17ClFNO3S/c1-11-7-12(2)9-13(8-11)22-6-5-19-23(20,21)14-3-4-16(18)15(17)10-14/h3-4,7-10,19H,5-6H2,1-2H3. The van der Waals surface area contributed by atoms with Gasteiger partial charge in [-0.1, -0.05) is 17.7 Å². The van der Waals surface area contributed by atoms with Crippen LogP contribution in [-0.2, 0) is 10.0 Å². The normalized spacial score (nSPS) is 11.5. The van der Waals surface area contributed by atoms with Crippen LogP contribution in [0.25, 0.3) is 0 Å². The molecule has 0 aromatic heterocycles. The first kappa shape index (κ1) is 17.7. The van der Waals surface area contributed by atoms with Gasteiger partial charge < -0.3 is 4.74 Å². The summed E-state index contributed by atoms with van der Waals surface area (Å²) in [6.07, 6.45) is 0. The van der Waals surface area contributed by atoms with Gasteiger partial charge in [0, 0.05) is 6.54 Å². The van der Waals surface area contributed by atoms with E-state index in [2.05, 4.69) is 4.72 Å². The van der Waals surface area contributed by atoms with Crippen LogP contribution in [0, 0.1) is 19.7 Å². The Labute approximate surface area is 140 Å². The van der Waals surface area contributed by atoms with E-state index in [4.69, 9.17) is 16.3 Å². The number of nitrogens with one attached hydrogen (secondary N) is 1. The summed E-state index contributed by atoms with van der Waals surface area (Å²) in [6, 6.07) is 9.03. The Kier molecular flexibility index (Phi) is 5.62. The summed E-state index contributed by atoms with van der Waals surface area (Å²) in [7, 11) is -3.75. The molecule has 0 unspecified atom stereocenters. The zero-order valence-electron chi connectivity index (χ0n) is 12.8. The second-order valence-electron chi connectivity index (χ2n) is 5.15. The molecule has 0 saturated heterocycles. The third kappa shape index (κ3) is 4.92. The second kappa shape index (κ2) is 7.29. The Balaban J connectivity index is 1.93. The highest BCUT2D eigenvalue weighted by Gasteiger charge is 2.15. The van der Waals surface area contributed by atoms with Crippen LogP contribution >= 0.6 is 11.6 Å². The van der Waals surface area contributed by atoms with E-state index in [9.17, 15) is 12.8 Å². The Hall–Kier alpha value is -1.63. The number of sulfonamides is 1. The lowest BCUT2D eigenvalue weighted by Crippen LogP contribution is -2.28. The van der Waals surface area contributed by atoms with E-state index >= 15 is 0 Å². The first-order valence-corrected chi connectivity index (χ1v) is 8.80. The van der Waals surface area contributed by atoms with Crippen LogP contribution in [0.4, 0.5) is 4.39 Å². The molecular weight excluding hydrogens is 341 g/mol. The van der Waals surface area contributed by atoms with Gasteiger partial charge in [0.2, 0.25) is 10.0 Å². The quantitative estimate of drug-likeness (QED) is 0.805. The van der Waals surface area contributed by atoms with Gasteiger partial charge in [0.25, 0.3) is 0 Å². The molecule has 2 aromatic rings. The number of halogens is 2.